The Balaban J connectivity index is 2.65. The molecule has 11 heavy (non-hydrogen) atoms. The van der Waals surface area contributed by atoms with Crippen molar-refractivity contribution in [2.24, 2.45) is 0 Å². The van der Waals surface area contributed by atoms with Gasteiger partial charge in [-0.3, -0.25) is 4.79 Å². The summed E-state index contributed by atoms with van der Waals surface area (Å²) in [5.74, 6) is -0.272. The van der Waals surface area contributed by atoms with E-state index in [2.05, 4.69) is 23.6 Å². The molecule has 2 nitrogen and oxygen atoms in total. The van der Waals surface area contributed by atoms with Gasteiger partial charge in [0.05, 0.1) is 5.37 Å². The Hall–Kier alpha value is -1.22. The maximum absolute atomic E-state index is 10.7. The van der Waals surface area contributed by atoms with Crippen molar-refractivity contribution in [2.75, 3.05) is 5.32 Å². The third kappa shape index (κ3) is 2.47. The summed E-state index contributed by atoms with van der Waals surface area (Å²) in [6.45, 7) is 0. The summed E-state index contributed by atoms with van der Waals surface area (Å²) in [5.41, 5.74) is 0.731. The second kappa shape index (κ2) is 3.83. The zero-order valence-electron chi connectivity index (χ0n) is 5.70. The van der Waals surface area contributed by atoms with Crippen LogP contribution in [0.1, 0.15) is 0 Å². The van der Waals surface area contributed by atoms with Gasteiger partial charge in [-0.15, -0.1) is 0 Å². The molecular weight excluding hydrogens is 158 g/mol. The maximum atomic E-state index is 10.7. The third-order valence-electron chi connectivity index (χ3n) is 1.09. The normalized spacial score (nSPS) is 8.73. The van der Waals surface area contributed by atoms with Gasteiger partial charge in [0.2, 0.25) is 0 Å². The predicted octanol–water partition coefficient (Wildman–Crippen LogP) is 1.42. The molecule has 0 aromatic heterocycles. The van der Waals surface area contributed by atoms with E-state index < -0.39 is 0 Å². The lowest BCUT2D eigenvalue weighted by Crippen LogP contribution is -2.10. The number of hydrogen-bond donors (Lipinski definition) is 1. The fourth-order valence-corrected chi connectivity index (χ4v) is 0.701. The van der Waals surface area contributed by atoms with Crippen LogP contribution in [0.4, 0.5) is 5.69 Å². The second-order valence-electron chi connectivity index (χ2n) is 1.90. The van der Waals surface area contributed by atoms with Gasteiger partial charge in [0.1, 0.15) is 0 Å². The van der Waals surface area contributed by atoms with Crippen molar-refractivity contribution in [3.63, 3.8) is 0 Å². The average Bonchev–Trinajstić information content (AvgIpc) is 2.06. The van der Waals surface area contributed by atoms with E-state index in [0.29, 0.717) is 0 Å². The molecule has 0 spiro atoms. The van der Waals surface area contributed by atoms with Crippen LogP contribution in [-0.2, 0) is 4.79 Å². The minimum atomic E-state index is -0.272. The van der Waals surface area contributed by atoms with Crippen LogP contribution in [0.5, 0.6) is 0 Å². The lowest BCUT2D eigenvalue weighted by atomic mass is 10.3. The molecule has 1 aromatic rings. The Kier molecular flexibility index (Phi) is 2.74. The molecule has 1 rings (SSSR count). The van der Waals surface area contributed by atoms with Gasteiger partial charge in [0.25, 0.3) is 5.91 Å². The number of hydrogen-bond acceptors (Lipinski definition) is 2. The van der Waals surface area contributed by atoms with E-state index in [9.17, 15) is 4.79 Å². The number of rotatable bonds is 2. The van der Waals surface area contributed by atoms with E-state index in [0.717, 1.165) is 11.1 Å². The molecule has 0 unspecified atom stereocenters. The molecule has 0 fully saturated rings. The van der Waals surface area contributed by atoms with Crippen molar-refractivity contribution < 1.29 is 4.79 Å². The number of amides is 1. The Bertz CT molecular complexity index is 258. The van der Waals surface area contributed by atoms with Crippen LogP contribution in [0.15, 0.2) is 24.3 Å². The van der Waals surface area contributed by atoms with Gasteiger partial charge in [-0.05, 0) is 18.2 Å². The molecule has 55 valence electrons. The number of benzene rings is 1. The fourth-order valence-electron chi connectivity index (χ4n) is 0.642. The molecule has 0 atom stereocenters. The number of carbonyl (C=O) groups is 1. The molecule has 0 aliphatic carbocycles. The van der Waals surface area contributed by atoms with Crippen molar-refractivity contribution in [3.8, 4) is 0 Å². The smallest absolute Gasteiger partial charge is 0.259 e. The van der Waals surface area contributed by atoms with Crippen molar-refractivity contribution in [2.45, 2.75) is 0 Å². The summed E-state index contributed by atoms with van der Waals surface area (Å²) >= 11 is 4.43. The average molecular weight is 164 g/mol. The zero-order chi connectivity index (χ0) is 8.10. The molecule has 1 amide bonds. The summed E-state index contributed by atoms with van der Waals surface area (Å²) in [6, 6.07) is 9.77. The number of carbonyl (C=O) groups excluding carboxylic acids is 1. The summed E-state index contributed by atoms with van der Waals surface area (Å²) in [5, 5.41) is 3.64. The first-order valence-electron chi connectivity index (χ1n) is 3.05. The fraction of sp³-hybridized carbons (Fsp3) is 0. The molecule has 0 aliphatic heterocycles. The van der Waals surface area contributed by atoms with Crippen molar-refractivity contribution in [1.29, 1.82) is 0 Å². The van der Waals surface area contributed by atoms with Crippen LogP contribution < -0.4 is 5.32 Å². The summed E-state index contributed by atoms with van der Waals surface area (Å²) in [6.07, 6.45) is 0. The molecule has 0 bridgehead atoms. The summed E-state index contributed by atoms with van der Waals surface area (Å²) < 4.78 is 0. The SMILES string of the molecule is O=C(C=S)Nc1cc[c]cc1. The van der Waals surface area contributed by atoms with E-state index in [1.54, 1.807) is 24.3 Å². The highest BCUT2D eigenvalue weighted by atomic mass is 32.1. The molecule has 0 saturated carbocycles. The lowest BCUT2D eigenvalue weighted by Gasteiger charge is -1.98. The molecule has 3 heteroatoms. The highest BCUT2D eigenvalue weighted by Crippen LogP contribution is 2.03. The van der Waals surface area contributed by atoms with Crippen molar-refractivity contribution in [1.82, 2.24) is 0 Å². The molecule has 1 aromatic carbocycles. The molecule has 0 saturated heterocycles. The molecule has 0 heterocycles. The van der Waals surface area contributed by atoms with Gasteiger partial charge >= 0.3 is 0 Å². The van der Waals surface area contributed by atoms with Crippen LogP contribution >= 0.6 is 12.2 Å². The number of anilines is 1. The first-order valence-corrected chi connectivity index (χ1v) is 3.52. The highest BCUT2D eigenvalue weighted by molar-refractivity contribution is 7.80. The largest absolute Gasteiger partial charge is 0.322 e. The van der Waals surface area contributed by atoms with E-state index in [-0.39, 0.29) is 5.91 Å². The van der Waals surface area contributed by atoms with Crippen molar-refractivity contribution in [3.05, 3.63) is 30.3 Å². The molecular formula is C8H6NOS. The Morgan fingerprint density at radius 2 is 2.18 bits per heavy atom. The minimum Gasteiger partial charge on any atom is -0.322 e. The Morgan fingerprint density at radius 1 is 1.55 bits per heavy atom. The van der Waals surface area contributed by atoms with Crippen molar-refractivity contribution >= 4 is 29.2 Å². The van der Waals surface area contributed by atoms with E-state index in [1.807, 2.05) is 0 Å². The zero-order valence-corrected chi connectivity index (χ0v) is 6.52. The standard InChI is InChI=1S/C8H6NOS/c10-8(6-11)9-7-4-2-1-3-5-7/h2-6H,(H,9,10). The van der Waals surface area contributed by atoms with Crippen LogP contribution in [0.2, 0.25) is 0 Å². The van der Waals surface area contributed by atoms with Crippen LogP contribution in [0, 0.1) is 6.07 Å². The van der Waals surface area contributed by atoms with Gasteiger partial charge in [-0.1, -0.05) is 24.4 Å². The van der Waals surface area contributed by atoms with Gasteiger partial charge in [-0.25, -0.2) is 0 Å². The quantitative estimate of drug-likeness (QED) is 0.670. The van der Waals surface area contributed by atoms with Crippen LogP contribution in [0.3, 0.4) is 0 Å². The Morgan fingerprint density at radius 3 is 2.73 bits per heavy atom. The minimum absolute atomic E-state index is 0.272. The molecule has 0 aliphatic rings. The van der Waals surface area contributed by atoms with Gasteiger partial charge in [0.15, 0.2) is 0 Å². The molecule has 1 N–H and O–H groups in total. The van der Waals surface area contributed by atoms with Crippen LogP contribution in [0.25, 0.3) is 0 Å². The van der Waals surface area contributed by atoms with Gasteiger partial charge in [0, 0.05) is 5.69 Å². The highest BCUT2D eigenvalue weighted by Gasteiger charge is 1.93. The monoisotopic (exact) mass is 164 g/mol. The third-order valence-corrected chi connectivity index (χ3v) is 1.31. The first kappa shape index (κ1) is 7.88. The number of thiocarbonyl (C=S) groups is 1. The maximum Gasteiger partial charge on any atom is 0.259 e. The molecule has 1 radical (unpaired) electrons. The number of nitrogens with one attached hydrogen (secondary N) is 1. The van der Waals surface area contributed by atoms with E-state index >= 15 is 0 Å². The van der Waals surface area contributed by atoms with E-state index in [4.69, 9.17) is 0 Å². The summed E-state index contributed by atoms with van der Waals surface area (Å²) in [7, 11) is 0. The Labute approximate surface area is 70.2 Å². The topological polar surface area (TPSA) is 29.1 Å². The first-order chi connectivity index (χ1) is 5.33. The lowest BCUT2D eigenvalue weighted by molar-refractivity contribution is -0.109. The van der Waals surface area contributed by atoms with E-state index in [1.165, 1.54) is 0 Å². The van der Waals surface area contributed by atoms with Gasteiger partial charge < -0.3 is 5.32 Å². The van der Waals surface area contributed by atoms with Crippen LogP contribution in [-0.4, -0.2) is 11.3 Å². The second-order valence-corrected chi connectivity index (χ2v) is 2.13. The van der Waals surface area contributed by atoms with Gasteiger partial charge in [-0.2, -0.15) is 0 Å². The predicted molar refractivity (Wildman–Crippen MR) is 47.6 cm³/mol. The summed E-state index contributed by atoms with van der Waals surface area (Å²) in [4.78, 5) is 10.7.